The molecule has 1 aromatic rings. The van der Waals surface area contributed by atoms with E-state index in [2.05, 4.69) is 13.0 Å². The predicted octanol–water partition coefficient (Wildman–Crippen LogP) is 2.98. The van der Waals surface area contributed by atoms with E-state index in [1.165, 1.54) is 5.75 Å². The number of rotatable bonds is 4. The maximum absolute atomic E-state index is 6.15. The number of hydrogen-bond acceptors (Lipinski definition) is 3. The average Bonchev–Trinajstić information content (AvgIpc) is 2.30. The third-order valence-corrected chi connectivity index (χ3v) is 3.85. The molecule has 1 heterocycles. The molecule has 0 saturated carbocycles. The van der Waals surface area contributed by atoms with E-state index < -0.39 is 0 Å². The molecule has 2 atom stereocenters. The Morgan fingerprint density at radius 2 is 2.25 bits per heavy atom. The van der Waals surface area contributed by atoms with Crippen LogP contribution in [0, 0.1) is 0 Å². The van der Waals surface area contributed by atoms with Gasteiger partial charge in [-0.1, -0.05) is 25.1 Å². The van der Waals surface area contributed by atoms with Gasteiger partial charge in [0, 0.05) is 18.0 Å². The molecule has 16 heavy (non-hydrogen) atoms. The number of ether oxygens (including phenoxy) is 1. The van der Waals surface area contributed by atoms with Gasteiger partial charge in [0.15, 0.2) is 0 Å². The molecule has 88 valence electrons. The van der Waals surface area contributed by atoms with Crippen LogP contribution in [0.15, 0.2) is 24.3 Å². The Labute approximate surface area is 102 Å². The summed E-state index contributed by atoms with van der Waals surface area (Å²) in [7, 11) is 0. The monoisotopic (exact) mass is 237 g/mol. The fourth-order valence-corrected chi connectivity index (χ4v) is 2.79. The summed E-state index contributed by atoms with van der Waals surface area (Å²) in [5.74, 6) is 3.32. The summed E-state index contributed by atoms with van der Waals surface area (Å²) in [5, 5.41) is 0. The van der Waals surface area contributed by atoms with Crippen LogP contribution >= 0.6 is 11.8 Å². The van der Waals surface area contributed by atoms with E-state index in [4.69, 9.17) is 10.5 Å². The van der Waals surface area contributed by atoms with Gasteiger partial charge in [0.05, 0.1) is 0 Å². The summed E-state index contributed by atoms with van der Waals surface area (Å²) in [4.78, 5) is 0. The highest BCUT2D eigenvalue weighted by Gasteiger charge is 2.24. The lowest BCUT2D eigenvalue weighted by Crippen LogP contribution is -2.29. The predicted molar refractivity (Wildman–Crippen MR) is 70.0 cm³/mol. The lowest BCUT2D eigenvalue weighted by molar-refractivity contribution is 0.156. The van der Waals surface area contributed by atoms with Gasteiger partial charge in [-0.15, -0.1) is 0 Å². The molecule has 0 spiro atoms. The minimum Gasteiger partial charge on any atom is -0.490 e. The largest absolute Gasteiger partial charge is 0.490 e. The number of thioether (sulfide) groups is 1. The Hall–Kier alpha value is -0.670. The molecule has 0 fully saturated rings. The van der Waals surface area contributed by atoms with Crippen LogP contribution in [0.4, 0.5) is 0 Å². The van der Waals surface area contributed by atoms with Crippen molar-refractivity contribution in [1.82, 2.24) is 0 Å². The van der Waals surface area contributed by atoms with E-state index in [9.17, 15) is 0 Å². The summed E-state index contributed by atoms with van der Waals surface area (Å²) in [5.41, 5.74) is 7.31. The number of fused-ring (bicyclic) bond motifs is 1. The first-order valence-corrected chi connectivity index (χ1v) is 7.05. The molecule has 1 aliphatic heterocycles. The third kappa shape index (κ3) is 2.71. The zero-order valence-corrected chi connectivity index (χ0v) is 10.5. The zero-order valence-electron chi connectivity index (χ0n) is 9.69. The first kappa shape index (κ1) is 11.8. The van der Waals surface area contributed by atoms with Gasteiger partial charge in [-0.2, -0.15) is 11.8 Å². The van der Waals surface area contributed by atoms with Crippen molar-refractivity contribution in [3.05, 3.63) is 29.8 Å². The number of hydrogen-bond donors (Lipinski definition) is 1. The van der Waals surface area contributed by atoms with Crippen molar-refractivity contribution < 1.29 is 4.74 Å². The molecule has 3 heteroatoms. The Morgan fingerprint density at radius 3 is 3.06 bits per heavy atom. The summed E-state index contributed by atoms with van der Waals surface area (Å²) in [6.45, 7) is 2.19. The topological polar surface area (TPSA) is 35.2 Å². The first-order valence-electron chi connectivity index (χ1n) is 5.90. The molecule has 0 aliphatic carbocycles. The standard InChI is InChI=1S/C13H19NOS/c1-2-16-8-7-10-9-12(14)11-5-3-4-6-13(11)15-10/h3-6,10,12H,2,7-9,14H2,1H3. The average molecular weight is 237 g/mol. The van der Waals surface area contributed by atoms with E-state index in [0.29, 0.717) is 6.10 Å². The molecule has 0 radical (unpaired) electrons. The summed E-state index contributed by atoms with van der Waals surface area (Å²) in [6, 6.07) is 8.26. The molecule has 0 saturated heterocycles. The maximum Gasteiger partial charge on any atom is 0.124 e. The molecule has 1 aliphatic rings. The van der Waals surface area contributed by atoms with Crippen molar-refractivity contribution in [3.8, 4) is 5.75 Å². The quantitative estimate of drug-likeness (QED) is 0.818. The van der Waals surface area contributed by atoms with Gasteiger partial charge in [-0.05, 0) is 24.0 Å². The highest BCUT2D eigenvalue weighted by Crippen LogP contribution is 2.34. The number of para-hydroxylation sites is 1. The highest BCUT2D eigenvalue weighted by atomic mass is 32.2. The molecule has 2 unspecified atom stereocenters. The van der Waals surface area contributed by atoms with Crippen molar-refractivity contribution in [1.29, 1.82) is 0 Å². The van der Waals surface area contributed by atoms with Crippen LogP contribution in [0.5, 0.6) is 5.75 Å². The molecular formula is C13H19NOS. The molecule has 0 bridgehead atoms. The van der Waals surface area contributed by atoms with Gasteiger partial charge < -0.3 is 10.5 Å². The van der Waals surface area contributed by atoms with Gasteiger partial charge in [0.25, 0.3) is 0 Å². The first-order chi connectivity index (χ1) is 7.81. The van der Waals surface area contributed by atoms with E-state index in [1.807, 2.05) is 30.0 Å². The van der Waals surface area contributed by atoms with E-state index in [0.717, 1.165) is 29.9 Å². The van der Waals surface area contributed by atoms with Gasteiger partial charge in [0.1, 0.15) is 11.9 Å². The van der Waals surface area contributed by atoms with Crippen LogP contribution in [0.25, 0.3) is 0 Å². The van der Waals surface area contributed by atoms with Gasteiger partial charge >= 0.3 is 0 Å². The minimum atomic E-state index is 0.140. The van der Waals surface area contributed by atoms with E-state index in [1.54, 1.807) is 0 Å². The third-order valence-electron chi connectivity index (χ3n) is 2.92. The van der Waals surface area contributed by atoms with Crippen molar-refractivity contribution in [3.63, 3.8) is 0 Å². The lowest BCUT2D eigenvalue weighted by atomic mass is 9.96. The number of benzene rings is 1. The zero-order chi connectivity index (χ0) is 11.4. The molecule has 2 nitrogen and oxygen atoms in total. The van der Waals surface area contributed by atoms with Crippen LogP contribution in [0.1, 0.15) is 31.4 Å². The molecule has 0 amide bonds. The van der Waals surface area contributed by atoms with Crippen molar-refractivity contribution in [2.45, 2.75) is 31.9 Å². The van der Waals surface area contributed by atoms with Crippen molar-refractivity contribution in [2.24, 2.45) is 5.73 Å². The fourth-order valence-electron chi connectivity index (χ4n) is 2.07. The Morgan fingerprint density at radius 1 is 1.44 bits per heavy atom. The summed E-state index contributed by atoms with van der Waals surface area (Å²) < 4.78 is 5.96. The SMILES string of the molecule is CCSCCC1CC(N)c2ccccc2O1. The second-order valence-corrected chi connectivity index (χ2v) is 5.50. The molecule has 1 aromatic carbocycles. The van der Waals surface area contributed by atoms with E-state index >= 15 is 0 Å². The fraction of sp³-hybridized carbons (Fsp3) is 0.538. The van der Waals surface area contributed by atoms with Crippen LogP contribution < -0.4 is 10.5 Å². The summed E-state index contributed by atoms with van der Waals surface area (Å²) >= 11 is 1.96. The number of nitrogens with two attached hydrogens (primary N) is 1. The molecule has 2 rings (SSSR count). The molecular weight excluding hydrogens is 218 g/mol. The smallest absolute Gasteiger partial charge is 0.124 e. The normalized spacial score (nSPS) is 23.6. The maximum atomic E-state index is 6.15. The van der Waals surface area contributed by atoms with Crippen LogP contribution in [0.2, 0.25) is 0 Å². The van der Waals surface area contributed by atoms with Crippen molar-refractivity contribution in [2.75, 3.05) is 11.5 Å². The minimum absolute atomic E-state index is 0.140. The van der Waals surface area contributed by atoms with Crippen LogP contribution in [-0.4, -0.2) is 17.6 Å². The Balaban J connectivity index is 1.98. The second-order valence-electron chi connectivity index (χ2n) is 4.11. The molecule has 2 N–H and O–H groups in total. The van der Waals surface area contributed by atoms with Crippen molar-refractivity contribution >= 4 is 11.8 Å². The van der Waals surface area contributed by atoms with Gasteiger partial charge in [-0.25, -0.2) is 0 Å². The van der Waals surface area contributed by atoms with Crippen LogP contribution in [-0.2, 0) is 0 Å². The molecule has 0 aromatic heterocycles. The second kappa shape index (κ2) is 5.60. The highest BCUT2D eigenvalue weighted by molar-refractivity contribution is 7.99. The van der Waals surface area contributed by atoms with Gasteiger partial charge in [0.2, 0.25) is 0 Å². The Kier molecular flexibility index (Phi) is 4.13. The van der Waals surface area contributed by atoms with Gasteiger partial charge in [-0.3, -0.25) is 0 Å². The van der Waals surface area contributed by atoms with E-state index in [-0.39, 0.29) is 6.04 Å². The lowest BCUT2D eigenvalue weighted by Gasteiger charge is -2.30. The summed E-state index contributed by atoms with van der Waals surface area (Å²) in [6.07, 6.45) is 2.34. The van der Waals surface area contributed by atoms with Crippen LogP contribution in [0.3, 0.4) is 0 Å². The Bertz CT molecular complexity index is 342.